The van der Waals surface area contributed by atoms with Crippen LogP contribution in [0.5, 0.6) is 0 Å². The standard InChI is InChI=1S/C13H22N2Se/c1-3-7-11-8-5-6-10-13(11,9-4-2)15-12(14)16/h3-4,11H,1-2,5-10H2,(H3,14,15,16). The third-order valence-corrected chi connectivity index (χ3v) is 3.75. The maximum atomic E-state index is 5.79. The van der Waals surface area contributed by atoms with E-state index in [9.17, 15) is 0 Å². The first-order valence-electron chi connectivity index (χ1n) is 5.94. The van der Waals surface area contributed by atoms with Crippen LogP contribution < -0.4 is 11.1 Å². The van der Waals surface area contributed by atoms with E-state index in [2.05, 4.69) is 34.1 Å². The molecular weight excluding hydrogens is 263 g/mol. The SMILES string of the molecule is C=CCC1CCCCC1(CC=C)NC(N)=[Se]. The zero-order valence-corrected chi connectivity index (χ0v) is 11.6. The van der Waals surface area contributed by atoms with Crippen molar-refractivity contribution in [1.82, 2.24) is 5.32 Å². The Morgan fingerprint density at radius 2 is 2.19 bits per heavy atom. The Morgan fingerprint density at radius 3 is 2.75 bits per heavy atom. The van der Waals surface area contributed by atoms with E-state index in [1.165, 1.54) is 25.7 Å². The fourth-order valence-electron chi connectivity index (χ4n) is 2.84. The number of nitrogens with two attached hydrogens (primary N) is 1. The van der Waals surface area contributed by atoms with Gasteiger partial charge in [-0.25, -0.2) is 0 Å². The van der Waals surface area contributed by atoms with Crippen molar-refractivity contribution >= 4 is 20.2 Å². The second-order valence-electron chi connectivity index (χ2n) is 4.61. The molecule has 2 nitrogen and oxygen atoms in total. The molecule has 2 unspecified atom stereocenters. The Labute approximate surface area is 107 Å². The second-order valence-corrected chi connectivity index (χ2v) is 5.53. The van der Waals surface area contributed by atoms with Crippen LogP contribution in [-0.2, 0) is 0 Å². The van der Waals surface area contributed by atoms with Crippen molar-refractivity contribution in [2.24, 2.45) is 11.7 Å². The van der Waals surface area contributed by atoms with Gasteiger partial charge >= 0.3 is 107 Å². The Balaban J connectivity index is 2.86. The van der Waals surface area contributed by atoms with E-state index in [1.54, 1.807) is 0 Å². The average Bonchev–Trinajstić information content (AvgIpc) is 2.21. The summed E-state index contributed by atoms with van der Waals surface area (Å²) in [6, 6.07) is 0. The van der Waals surface area contributed by atoms with Crippen LogP contribution in [0.1, 0.15) is 38.5 Å². The summed E-state index contributed by atoms with van der Waals surface area (Å²) < 4.78 is 0.692. The van der Waals surface area contributed by atoms with Crippen molar-refractivity contribution in [3.63, 3.8) is 0 Å². The van der Waals surface area contributed by atoms with E-state index in [1.807, 2.05) is 12.2 Å². The van der Waals surface area contributed by atoms with Crippen LogP contribution in [0.2, 0.25) is 0 Å². The summed E-state index contributed by atoms with van der Waals surface area (Å²) in [5, 5.41) is 3.45. The first-order chi connectivity index (χ1) is 7.64. The summed E-state index contributed by atoms with van der Waals surface area (Å²) in [4.78, 5) is 0. The molecule has 90 valence electrons. The van der Waals surface area contributed by atoms with Crippen LogP contribution in [0.4, 0.5) is 0 Å². The molecule has 0 amide bonds. The van der Waals surface area contributed by atoms with Crippen molar-refractivity contribution in [2.75, 3.05) is 0 Å². The Kier molecular flexibility index (Phi) is 5.30. The summed E-state index contributed by atoms with van der Waals surface area (Å²) in [6.07, 6.45) is 11.0. The Hall–Kier alpha value is -0.531. The molecule has 3 N–H and O–H groups in total. The topological polar surface area (TPSA) is 38.0 Å². The monoisotopic (exact) mass is 286 g/mol. The van der Waals surface area contributed by atoms with E-state index < -0.39 is 0 Å². The molecule has 1 fully saturated rings. The predicted octanol–water partition coefficient (Wildman–Crippen LogP) is 1.87. The summed E-state index contributed by atoms with van der Waals surface area (Å²) in [5.74, 6) is 0.614. The molecule has 0 aliphatic heterocycles. The first-order valence-corrected chi connectivity index (χ1v) is 6.79. The fraction of sp³-hybridized carbons (Fsp3) is 0.615. The van der Waals surface area contributed by atoms with E-state index in [0.29, 0.717) is 10.6 Å². The second kappa shape index (κ2) is 6.27. The van der Waals surface area contributed by atoms with Crippen LogP contribution in [-0.4, -0.2) is 25.8 Å². The molecule has 3 heteroatoms. The van der Waals surface area contributed by atoms with Gasteiger partial charge in [0.2, 0.25) is 0 Å². The number of hydrogen-bond acceptors (Lipinski definition) is 2. The average molecular weight is 285 g/mol. The van der Waals surface area contributed by atoms with Crippen LogP contribution >= 0.6 is 0 Å². The summed E-state index contributed by atoms with van der Waals surface area (Å²) >= 11 is 2.86. The van der Waals surface area contributed by atoms with Gasteiger partial charge in [-0.2, -0.15) is 0 Å². The van der Waals surface area contributed by atoms with Gasteiger partial charge in [-0.05, 0) is 0 Å². The molecule has 0 radical (unpaired) electrons. The molecule has 2 atom stereocenters. The third kappa shape index (κ3) is 3.23. The fourth-order valence-corrected chi connectivity index (χ4v) is 3.27. The molecule has 16 heavy (non-hydrogen) atoms. The number of rotatable bonds is 6. The molecule has 0 aromatic heterocycles. The van der Waals surface area contributed by atoms with E-state index in [0.717, 1.165) is 12.8 Å². The maximum absolute atomic E-state index is 5.79. The summed E-state index contributed by atoms with van der Waals surface area (Å²) in [5.41, 5.74) is 5.87. The van der Waals surface area contributed by atoms with E-state index in [4.69, 9.17) is 5.73 Å². The quantitative estimate of drug-likeness (QED) is 0.577. The molecule has 1 saturated carbocycles. The molecule has 0 spiro atoms. The summed E-state index contributed by atoms with van der Waals surface area (Å²) in [7, 11) is 0. The molecule has 0 saturated heterocycles. The van der Waals surface area contributed by atoms with E-state index >= 15 is 0 Å². The van der Waals surface area contributed by atoms with Gasteiger partial charge < -0.3 is 0 Å². The molecule has 1 rings (SSSR count). The zero-order chi connectivity index (χ0) is 12.0. The minimum absolute atomic E-state index is 0.0868. The third-order valence-electron chi connectivity index (χ3n) is 3.54. The molecular formula is C13H22N2Se. The van der Waals surface area contributed by atoms with Crippen LogP contribution in [0, 0.1) is 5.92 Å². The van der Waals surface area contributed by atoms with Gasteiger partial charge in [-0.15, -0.1) is 0 Å². The Morgan fingerprint density at radius 1 is 1.44 bits per heavy atom. The number of nitrogens with one attached hydrogen (secondary N) is 1. The molecule has 0 heterocycles. The normalized spacial score (nSPS) is 29.4. The van der Waals surface area contributed by atoms with Crippen LogP contribution in [0.3, 0.4) is 0 Å². The number of hydrogen-bond donors (Lipinski definition) is 2. The summed E-state index contributed by atoms with van der Waals surface area (Å²) in [6.45, 7) is 7.74. The van der Waals surface area contributed by atoms with Crippen molar-refractivity contribution in [1.29, 1.82) is 0 Å². The van der Waals surface area contributed by atoms with Gasteiger partial charge in [0.1, 0.15) is 0 Å². The first kappa shape index (κ1) is 13.5. The van der Waals surface area contributed by atoms with Gasteiger partial charge in [0.05, 0.1) is 0 Å². The van der Waals surface area contributed by atoms with Gasteiger partial charge in [0, 0.05) is 0 Å². The molecule has 0 bridgehead atoms. The number of allylic oxidation sites excluding steroid dienone is 1. The zero-order valence-electron chi connectivity index (χ0n) is 9.87. The van der Waals surface area contributed by atoms with Gasteiger partial charge in [-0.3, -0.25) is 0 Å². The van der Waals surface area contributed by atoms with Crippen LogP contribution in [0.15, 0.2) is 25.3 Å². The molecule has 0 aromatic rings. The van der Waals surface area contributed by atoms with Gasteiger partial charge in [0.25, 0.3) is 0 Å². The van der Waals surface area contributed by atoms with Crippen LogP contribution in [0.25, 0.3) is 0 Å². The molecule has 0 aromatic carbocycles. The minimum atomic E-state index is 0.0868. The Bertz CT molecular complexity index is 275. The van der Waals surface area contributed by atoms with E-state index in [-0.39, 0.29) is 5.54 Å². The molecule has 1 aliphatic carbocycles. The van der Waals surface area contributed by atoms with Crippen molar-refractivity contribution in [2.45, 2.75) is 44.1 Å². The predicted molar refractivity (Wildman–Crippen MR) is 72.4 cm³/mol. The van der Waals surface area contributed by atoms with Gasteiger partial charge in [0.15, 0.2) is 0 Å². The van der Waals surface area contributed by atoms with Gasteiger partial charge in [-0.1, -0.05) is 0 Å². The molecule has 1 aliphatic rings. The van der Waals surface area contributed by atoms with Crippen molar-refractivity contribution < 1.29 is 0 Å². The van der Waals surface area contributed by atoms with Crippen molar-refractivity contribution in [3.8, 4) is 0 Å². The van der Waals surface area contributed by atoms with Crippen molar-refractivity contribution in [3.05, 3.63) is 25.3 Å².